The Hall–Kier alpha value is -1.62. The Bertz CT molecular complexity index is 453. The molecule has 0 saturated heterocycles. The average Bonchev–Trinajstić information content (AvgIpc) is 2.82. The van der Waals surface area contributed by atoms with E-state index < -0.39 is 6.67 Å². The number of nitrogens with two attached hydrogens (primary N) is 1. The van der Waals surface area contributed by atoms with Crippen LogP contribution in [0, 0.1) is 5.92 Å². The second kappa shape index (κ2) is 7.24. The van der Waals surface area contributed by atoms with Gasteiger partial charge in [-0.3, -0.25) is 4.79 Å². The number of benzene rings is 1. The monoisotopic (exact) mass is 280 g/mol. The fourth-order valence-electron chi connectivity index (χ4n) is 2.59. The molecule has 0 radical (unpaired) electrons. The van der Waals surface area contributed by atoms with Crippen LogP contribution in [-0.2, 0) is 4.79 Å². The largest absolute Gasteiger partial charge is 0.491 e. The van der Waals surface area contributed by atoms with E-state index in [1.54, 1.807) is 24.3 Å². The van der Waals surface area contributed by atoms with Crippen LogP contribution in [0.4, 0.5) is 10.1 Å². The van der Waals surface area contributed by atoms with Crippen LogP contribution in [0.15, 0.2) is 24.3 Å². The summed E-state index contributed by atoms with van der Waals surface area (Å²) in [6.07, 6.45) is 3.58. The molecule has 110 valence electrons. The summed E-state index contributed by atoms with van der Waals surface area (Å²) < 4.78 is 17.2. The van der Waals surface area contributed by atoms with Crippen molar-refractivity contribution in [1.29, 1.82) is 0 Å². The summed E-state index contributed by atoms with van der Waals surface area (Å²) >= 11 is 0. The van der Waals surface area contributed by atoms with Crippen LogP contribution in [0.5, 0.6) is 5.75 Å². The Morgan fingerprint density at radius 3 is 3.00 bits per heavy atom. The number of rotatable bonds is 6. The molecule has 4 nitrogen and oxygen atoms in total. The van der Waals surface area contributed by atoms with Crippen LogP contribution < -0.4 is 15.8 Å². The first-order valence-electron chi connectivity index (χ1n) is 7.03. The summed E-state index contributed by atoms with van der Waals surface area (Å²) in [6.45, 7) is -0.509. The molecule has 1 aliphatic carbocycles. The normalized spacial score (nSPS) is 21.7. The van der Waals surface area contributed by atoms with Gasteiger partial charge in [0.15, 0.2) is 0 Å². The summed E-state index contributed by atoms with van der Waals surface area (Å²) in [5, 5.41) is 2.84. The third-order valence-corrected chi connectivity index (χ3v) is 3.63. The van der Waals surface area contributed by atoms with Gasteiger partial charge in [0.05, 0.1) is 0 Å². The number of amides is 1. The van der Waals surface area contributed by atoms with Crippen LogP contribution in [0.1, 0.15) is 25.7 Å². The molecule has 3 N–H and O–H groups in total. The van der Waals surface area contributed by atoms with Crippen molar-refractivity contribution in [3.05, 3.63) is 24.3 Å². The molecule has 1 aliphatic rings. The van der Waals surface area contributed by atoms with Gasteiger partial charge in [-0.25, -0.2) is 4.39 Å². The zero-order chi connectivity index (χ0) is 14.4. The highest BCUT2D eigenvalue weighted by molar-refractivity contribution is 5.91. The maximum absolute atomic E-state index is 12.0. The molecule has 1 fully saturated rings. The van der Waals surface area contributed by atoms with Crippen molar-refractivity contribution < 1.29 is 13.9 Å². The number of halogens is 1. The van der Waals surface area contributed by atoms with Crippen molar-refractivity contribution in [3.63, 3.8) is 0 Å². The third-order valence-electron chi connectivity index (χ3n) is 3.63. The Kier molecular flexibility index (Phi) is 5.35. The Morgan fingerprint density at radius 2 is 2.30 bits per heavy atom. The number of alkyl halides is 1. The molecule has 0 unspecified atom stereocenters. The molecular weight excluding hydrogens is 259 g/mol. The van der Waals surface area contributed by atoms with E-state index in [0.29, 0.717) is 17.9 Å². The first kappa shape index (κ1) is 14.8. The van der Waals surface area contributed by atoms with E-state index in [4.69, 9.17) is 10.5 Å². The molecule has 1 aromatic carbocycles. The summed E-state index contributed by atoms with van der Waals surface area (Å²) in [4.78, 5) is 12.0. The van der Waals surface area contributed by atoms with Crippen LogP contribution in [0.25, 0.3) is 0 Å². The maximum Gasteiger partial charge on any atom is 0.224 e. The van der Waals surface area contributed by atoms with Crippen molar-refractivity contribution >= 4 is 11.6 Å². The fourth-order valence-corrected chi connectivity index (χ4v) is 2.59. The van der Waals surface area contributed by atoms with Gasteiger partial charge in [0, 0.05) is 24.2 Å². The lowest BCUT2D eigenvalue weighted by molar-refractivity contribution is -0.117. The van der Waals surface area contributed by atoms with E-state index in [1.165, 1.54) is 0 Å². The molecule has 0 aliphatic heterocycles. The van der Waals surface area contributed by atoms with Crippen molar-refractivity contribution in [1.82, 2.24) is 0 Å². The van der Waals surface area contributed by atoms with Gasteiger partial charge in [0.2, 0.25) is 5.91 Å². The molecule has 5 heteroatoms. The van der Waals surface area contributed by atoms with Crippen LogP contribution in [0.3, 0.4) is 0 Å². The van der Waals surface area contributed by atoms with E-state index in [2.05, 4.69) is 5.32 Å². The lowest BCUT2D eigenvalue weighted by Crippen LogP contribution is -2.28. The van der Waals surface area contributed by atoms with Gasteiger partial charge >= 0.3 is 0 Å². The zero-order valence-electron chi connectivity index (χ0n) is 11.5. The smallest absolute Gasteiger partial charge is 0.224 e. The minimum atomic E-state index is -0.532. The lowest BCUT2D eigenvalue weighted by Gasteiger charge is -2.15. The highest BCUT2D eigenvalue weighted by Gasteiger charge is 2.25. The summed E-state index contributed by atoms with van der Waals surface area (Å²) in [5.41, 5.74) is 6.63. The van der Waals surface area contributed by atoms with Gasteiger partial charge < -0.3 is 15.8 Å². The van der Waals surface area contributed by atoms with Crippen molar-refractivity contribution in [3.8, 4) is 5.75 Å². The molecule has 1 saturated carbocycles. The Morgan fingerprint density at radius 1 is 1.45 bits per heavy atom. The summed E-state index contributed by atoms with van der Waals surface area (Å²) in [5.74, 6) is 0.800. The minimum absolute atomic E-state index is 0.0222. The fraction of sp³-hybridized carbons (Fsp3) is 0.533. The number of carbonyl (C=O) groups excluding carboxylic acids is 1. The van der Waals surface area contributed by atoms with Gasteiger partial charge in [-0.05, 0) is 30.9 Å². The van der Waals surface area contributed by atoms with E-state index >= 15 is 0 Å². The molecule has 0 spiro atoms. The lowest BCUT2D eigenvalue weighted by atomic mass is 10.00. The van der Waals surface area contributed by atoms with E-state index in [9.17, 15) is 9.18 Å². The molecule has 1 aromatic rings. The number of hydrogen-bond acceptors (Lipinski definition) is 3. The van der Waals surface area contributed by atoms with Gasteiger partial charge in [0.25, 0.3) is 0 Å². The number of nitrogens with one attached hydrogen (secondary N) is 1. The molecule has 0 aromatic heterocycles. The zero-order valence-corrected chi connectivity index (χ0v) is 11.5. The van der Waals surface area contributed by atoms with Gasteiger partial charge in [-0.15, -0.1) is 0 Å². The van der Waals surface area contributed by atoms with Gasteiger partial charge in [0.1, 0.15) is 19.0 Å². The first-order chi connectivity index (χ1) is 9.69. The minimum Gasteiger partial charge on any atom is -0.491 e. The predicted molar refractivity (Wildman–Crippen MR) is 76.5 cm³/mol. The molecule has 20 heavy (non-hydrogen) atoms. The molecule has 0 heterocycles. The molecular formula is C15H21FN2O2. The molecule has 1 amide bonds. The predicted octanol–water partition coefficient (Wildman–Crippen LogP) is 2.49. The van der Waals surface area contributed by atoms with Gasteiger partial charge in [-0.2, -0.15) is 0 Å². The SMILES string of the molecule is N[C@@H]1CCC[C@H]1CC(=O)Nc1cccc(OCCF)c1. The van der Waals surface area contributed by atoms with Crippen molar-refractivity contribution in [2.45, 2.75) is 31.7 Å². The number of hydrogen-bond donors (Lipinski definition) is 2. The third kappa shape index (κ3) is 4.20. The van der Waals surface area contributed by atoms with Crippen LogP contribution >= 0.6 is 0 Å². The van der Waals surface area contributed by atoms with Crippen molar-refractivity contribution in [2.24, 2.45) is 11.7 Å². The second-order valence-electron chi connectivity index (χ2n) is 5.17. The van der Waals surface area contributed by atoms with Gasteiger partial charge in [-0.1, -0.05) is 12.5 Å². The van der Waals surface area contributed by atoms with Crippen LogP contribution in [-0.4, -0.2) is 25.2 Å². The maximum atomic E-state index is 12.0. The molecule has 2 rings (SSSR count). The van der Waals surface area contributed by atoms with Crippen LogP contribution in [0.2, 0.25) is 0 Å². The number of carbonyl (C=O) groups is 1. The van der Waals surface area contributed by atoms with Crippen molar-refractivity contribution in [2.75, 3.05) is 18.6 Å². The quantitative estimate of drug-likeness (QED) is 0.841. The Balaban J connectivity index is 1.87. The average molecular weight is 280 g/mol. The highest BCUT2D eigenvalue weighted by atomic mass is 19.1. The van der Waals surface area contributed by atoms with E-state index in [0.717, 1.165) is 19.3 Å². The standard InChI is InChI=1S/C15H21FN2O2/c16-7-8-20-13-5-2-4-12(10-13)18-15(19)9-11-3-1-6-14(11)17/h2,4-5,10-11,14H,1,3,6-9,17H2,(H,18,19)/t11-,14+/m0/s1. The first-order valence-corrected chi connectivity index (χ1v) is 7.03. The number of anilines is 1. The Labute approximate surface area is 118 Å². The van der Waals surface area contributed by atoms with E-state index in [1.807, 2.05) is 0 Å². The number of ether oxygens (including phenoxy) is 1. The highest BCUT2D eigenvalue weighted by Crippen LogP contribution is 2.27. The molecule has 0 bridgehead atoms. The summed E-state index contributed by atoms with van der Waals surface area (Å²) in [7, 11) is 0. The van der Waals surface area contributed by atoms with E-state index in [-0.39, 0.29) is 24.5 Å². The molecule has 2 atom stereocenters. The summed E-state index contributed by atoms with van der Waals surface area (Å²) in [6, 6.07) is 7.12. The second-order valence-corrected chi connectivity index (χ2v) is 5.17. The topological polar surface area (TPSA) is 64.4 Å².